The molecule has 0 spiro atoms. The minimum absolute atomic E-state index is 0.0820. The molecular weight excluding hydrogens is 997 g/mol. The second-order valence-corrected chi connectivity index (χ2v) is 23.1. The third-order valence-electron chi connectivity index (χ3n) is 15.0. The number of hydrogen-bond donors (Lipinski definition) is 0. The highest BCUT2D eigenvalue weighted by Gasteiger charge is 2.19. The van der Waals surface area contributed by atoms with Gasteiger partial charge in [0.2, 0.25) is 0 Å². The second kappa shape index (κ2) is 68.8. The summed E-state index contributed by atoms with van der Waals surface area (Å²) in [4.78, 5) is 38.4. The molecule has 0 rings (SSSR count). The zero-order valence-electron chi connectivity index (χ0n) is 53.5. The Labute approximate surface area is 502 Å². The van der Waals surface area contributed by atoms with Crippen molar-refractivity contribution < 1.29 is 28.6 Å². The quantitative estimate of drug-likeness (QED) is 0.0261. The van der Waals surface area contributed by atoms with Crippen LogP contribution in [0.4, 0.5) is 0 Å². The van der Waals surface area contributed by atoms with E-state index in [1.54, 1.807) is 0 Å². The first-order valence-corrected chi connectivity index (χ1v) is 34.7. The summed E-state index contributed by atoms with van der Waals surface area (Å²) in [5, 5.41) is 0. The summed E-state index contributed by atoms with van der Waals surface area (Å²) >= 11 is 0. The van der Waals surface area contributed by atoms with E-state index in [0.29, 0.717) is 19.3 Å². The van der Waals surface area contributed by atoms with E-state index < -0.39 is 6.10 Å². The average Bonchev–Trinajstić information content (AvgIpc) is 3.46. The highest BCUT2D eigenvalue weighted by Crippen LogP contribution is 2.17. The van der Waals surface area contributed by atoms with Gasteiger partial charge < -0.3 is 14.2 Å². The van der Waals surface area contributed by atoms with Crippen LogP contribution < -0.4 is 0 Å². The summed E-state index contributed by atoms with van der Waals surface area (Å²) < 4.78 is 17.0. The van der Waals surface area contributed by atoms with E-state index in [2.05, 4.69) is 118 Å². The molecule has 0 radical (unpaired) electrons. The number of rotatable bonds is 63. The normalized spacial score (nSPS) is 12.7. The van der Waals surface area contributed by atoms with Crippen LogP contribution in [0.15, 0.2) is 97.2 Å². The Morgan fingerprint density at radius 3 is 0.778 bits per heavy atom. The first kappa shape index (κ1) is 77.3. The zero-order chi connectivity index (χ0) is 58.5. The number of carbonyl (C=O) groups is 3. The lowest BCUT2D eigenvalue weighted by Crippen LogP contribution is -2.30. The third kappa shape index (κ3) is 67.0. The van der Waals surface area contributed by atoms with Crippen molar-refractivity contribution in [1.29, 1.82) is 0 Å². The smallest absolute Gasteiger partial charge is 0.306 e. The molecule has 0 heterocycles. The Bertz CT molecular complexity index is 1580. The van der Waals surface area contributed by atoms with Crippen LogP contribution in [0.2, 0.25) is 0 Å². The molecule has 0 saturated carbocycles. The maximum atomic E-state index is 13.0. The van der Waals surface area contributed by atoms with Crippen molar-refractivity contribution in [3.8, 4) is 0 Å². The Morgan fingerprint density at radius 1 is 0.259 bits per heavy atom. The standard InChI is InChI=1S/C75H130O6/c1-4-7-10-13-16-19-22-25-27-29-31-33-35-37-39-41-43-45-47-50-53-56-59-62-65-68-74(77)80-71-72(70-79-73(76)67-64-61-58-55-52-49-24-21-18-15-12-9-6-3)81-75(78)69-66-63-60-57-54-51-48-46-44-42-40-38-36-34-32-30-28-26-23-20-17-14-11-8-5-2/h7,10,16,19,21,23-27,30-33,37,39,72H,4-6,8-9,11-15,17-18,20,22,28-29,34-36,38,40-71H2,1-3H3/b10-7-,19-16-,24-21-,26-23-,27-25-,32-30-,33-31-,39-37-. The van der Waals surface area contributed by atoms with Gasteiger partial charge >= 0.3 is 17.9 Å². The first-order valence-electron chi connectivity index (χ1n) is 34.7. The van der Waals surface area contributed by atoms with E-state index in [1.165, 1.54) is 193 Å². The van der Waals surface area contributed by atoms with Crippen LogP contribution in [-0.4, -0.2) is 37.2 Å². The highest BCUT2D eigenvalue weighted by molar-refractivity contribution is 5.71. The molecule has 0 aliphatic carbocycles. The van der Waals surface area contributed by atoms with E-state index in [9.17, 15) is 14.4 Å². The summed E-state index contributed by atoms with van der Waals surface area (Å²) in [6.07, 6.45) is 92.8. The van der Waals surface area contributed by atoms with Crippen LogP contribution in [0, 0.1) is 0 Å². The lowest BCUT2D eigenvalue weighted by Gasteiger charge is -2.18. The van der Waals surface area contributed by atoms with Gasteiger partial charge in [0, 0.05) is 19.3 Å². The van der Waals surface area contributed by atoms with Crippen LogP contribution in [-0.2, 0) is 28.6 Å². The third-order valence-corrected chi connectivity index (χ3v) is 15.0. The van der Waals surface area contributed by atoms with Gasteiger partial charge in [-0.3, -0.25) is 14.4 Å². The van der Waals surface area contributed by atoms with Gasteiger partial charge in [0.25, 0.3) is 0 Å². The molecule has 0 aromatic carbocycles. The molecule has 1 unspecified atom stereocenters. The molecule has 6 nitrogen and oxygen atoms in total. The molecule has 1 atom stereocenters. The summed E-state index contributed by atoms with van der Waals surface area (Å²) in [5.41, 5.74) is 0. The molecule has 6 heteroatoms. The number of ether oxygens (including phenoxy) is 3. The Balaban J connectivity index is 4.31. The summed E-state index contributed by atoms with van der Waals surface area (Å²) in [6.45, 7) is 6.53. The number of unbranched alkanes of at least 4 members (excludes halogenated alkanes) is 36. The fourth-order valence-corrected chi connectivity index (χ4v) is 9.85. The maximum absolute atomic E-state index is 13.0. The molecule has 0 aromatic heterocycles. The largest absolute Gasteiger partial charge is 0.462 e. The van der Waals surface area contributed by atoms with Gasteiger partial charge in [-0.2, -0.15) is 0 Å². The molecule has 0 aliphatic heterocycles. The SMILES string of the molecule is CC/C=C\C/C=C\C/C=C\C/C=C\C/C=C\CCCCCCCCCCCC(=O)OCC(COC(=O)CCCCCCC/C=C\CCCCCC)OC(=O)CCCCCCCCCCCCCCC/C=C\C/C=C\CCCCCCC. The van der Waals surface area contributed by atoms with Crippen molar-refractivity contribution in [3.05, 3.63) is 97.2 Å². The van der Waals surface area contributed by atoms with Gasteiger partial charge in [0.05, 0.1) is 0 Å². The van der Waals surface area contributed by atoms with E-state index in [-0.39, 0.29) is 31.1 Å². The summed E-state index contributed by atoms with van der Waals surface area (Å²) in [6, 6.07) is 0. The van der Waals surface area contributed by atoms with Crippen LogP contribution in [0.1, 0.15) is 342 Å². The molecule has 0 bridgehead atoms. The lowest BCUT2D eigenvalue weighted by atomic mass is 10.0. The van der Waals surface area contributed by atoms with Crippen molar-refractivity contribution >= 4 is 17.9 Å². The van der Waals surface area contributed by atoms with E-state index in [4.69, 9.17) is 14.2 Å². The van der Waals surface area contributed by atoms with E-state index in [0.717, 1.165) is 109 Å². The zero-order valence-corrected chi connectivity index (χ0v) is 53.5. The minimum Gasteiger partial charge on any atom is -0.462 e. The van der Waals surface area contributed by atoms with Gasteiger partial charge in [-0.25, -0.2) is 0 Å². The summed E-state index contributed by atoms with van der Waals surface area (Å²) in [7, 11) is 0. The van der Waals surface area contributed by atoms with Crippen molar-refractivity contribution in [2.45, 2.75) is 348 Å². The number of esters is 3. The second-order valence-electron chi connectivity index (χ2n) is 23.1. The fourth-order valence-electron chi connectivity index (χ4n) is 9.85. The van der Waals surface area contributed by atoms with E-state index >= 15 is 0 Å². The lowest BCUT2D eigenvalue weighted by molar-refractivity contribution is -0.167. The molecule has 81 heavy (non-hydrogen) atoms. The number of allylic oxidation sites excluding steroid dienone is 16. The maximum Gasteiger partial charge on any atom is 0.306 e. The topological polar surface area (TPSA) is 78.9 Å². The van der Waals surface area contributed by atoms with Crippen LogP contribution in [0.5, 0.6) is 0 Å². The van der Waals surface area contributed by atoms with Crippen LogP contribution >= 0.6 is 0 Å². The number of hydrogen-bond acceptors (Lipinski definition) is 6. The molecule has 0 saturated heterocycles. The van der Waals surface area contributed by atoms with Crippen molar-refractivity contribution in [2.75, 3.05) is 13.2 Å². The summed E-state index contributed by atoms with van der Waals surface area (Å²) in [5.74, 6) is -0.883. The number of carbonyl (C=O) groups excluding carboxylic acids is 3. The van der Waals surface area contributed by atoms with Crippen molar-refractivity contribution in [3.63, 3.8) is 0 Å². The Morgan fingerprint density at radius 2 is 0.481 bits per heavy atom. The predicted molar refractivity (Wildman–Crippen MR) is 353 cm³/mol. The van der Waals surface area contributed by atoms with Gasteiger partial charge in [-0.1, -0.05) is 298 Å². The predicted octanol–water partition coefficient (Wildman–Crippen LogP) is 24.0. The minimum atomic E-state index is -0.786. The molecular formula is C75H130O6. The molecule has 466 valence electrons. The molecule has 0 aliphatic rings. The van der Waals surface area contributed by atoms with Crippen LogP contribution in [0.3, 0.4) is 0 Å². The molecule has 0 N–H and O–H groups in total. The van der Waals surface area contributed by atoms with Gasteiger partial charge in [-0.05, 0) is 122 Å². The van der Waals surface area contributed by atoms with Crippen molar-refractivity contribution in [2.24, 2.45) is 0 Å². The molecule has 0 fully saturated rings. The van der Waals surface area contributed by atoms with Gasteiger partial charge in [-0.15, -0.1) is 0 Å². The highest BCUT2D eigenvalue weighted by atomic mass is 16.6. The molecule has 0 amide bonds. The van der Waals surface area contributed by atoms with E-state index in [1.807, 2.05) is 0 Å². The Hall–Kier alpha value is -3.67. The molecule has 0 aromatic rings. The first-order chi connectivity index (χ1) is 40.0. The van der Waals surface area contributed by atoms with Crippen LogP contribution in [0.25, 0.3) is 0 Å². The fraction of sp³-hybridized carbons (Fsp3) is 0.747. The van der Waals surface area contributed by atoms with Gasteiger partial charge in [0.1, 0.15) is 13.2 Å². The van der Waals surface area contributed by atoms with Crippen molar-refractivity contribution in [1.82, 2.24) is 0 Å². The average molecular weight is 1130 g/mol. The van der Waals surface area contributed by atoms with Gasteiger partial charge in [0.15, 0.2) is 6.10 Å². The monoisotopic (exact) mass is 1130 g/mol. The Kier molecular flexibility index (Phi) is 65.7.